The van der Waals surface area contributed by atoms with Gasteiger partial charge in [-0.25, -0.2) is 0 Å². The minimum Gasteiger partial charge on any atom is -0.294 e. The molecule has 0 N–H and O–H groups in total. The van der Waals surface area contributed by atoms with Crippen LogP contribution < -0.4 is 0 Å². The van der Waals surface area contributed by atoms with Gasteiger partial charge >= 0.3 is 0 Å². The van der Waals surface area contributed by atoms with E-state index in [2.05, 4.69) is 58.4 Å². The van der Waals surface area contributed by atoms with Crippen LogP contribution in [-0.2, 0) is 4.84 Å². The van der Waals surface area contributed by atoms with Gasteiger partial charge in [0.25, 0.3) is 0 Å². The van der Waals surface area contributed by atoms with Crippen molar-refractivity contribution in [2.24, 2.45) is 0 Å². The molecule has 0 radical (unpaired) electrons. The lowest BCUT2D eigenvalue weighted by molar-refractivity contribution is -0.207. The highest BCUT2D eigenvalue weighted by atomic mass is 16.7. The van der Waals surface area contributed by atoms with Crippen LogP contribution in [0.25, 0.3) is 0 Å². The topological polar surface area (TPSA) is 15.7 Å². The Labute approximate surface area is 101 Å². The highest BCUT2D eigenvalue weighted by molar-refractivity contribution is 4.84. The molecule has 1 aliphatic rings. The van der Waals surface area contributed by atoms with Gasteiger partial charge in [-0.15, -0.1) is 0 Å². The van der Waals surface area contributed by atoms with Crippen LogP contribution >= 0.6 is 0 Å². The lowest BCUT2D eigenvalue weighted by Gasteiger charge is -2.36. The molecule has 0 aliphatic carbocycles. The molecule has 1 fully saturated rings. The van der Waals surface area contributed by atoms with Gasteiger partial charge < -0.3 is 0 Å². The molecule has 3 atom stereocenters. The van der Waals surface area contributed by atoms with Gasteiger partial charge in [0.05, 0.1) is 6.10 Å². The molecule has 1 aliphatic heterocycles. The summed E-state index contributed by atoms with van der Waals surface area (Å²) in [7, 11) is 0. The number of nitrogens with zero attached hydrogens (tertiary/aromatic N) is 2. The van der Waals surface area contributed by atoms with Gasteiger partial charge in [-0.3, -0.25) is 9.74 Å². The first kappa shape index (κ1) is 13.9. The molecule has 0 amide bonds. The minimum absolute atomic E-state index is 0.259. The Balaban J connectivity index is 2.84. The second kappa shape index (κ2) is 5.48. The summed E-state index contributed by atoms with van der Waals surface area (Å²) >= 11 is 0. The molecule has 1 saturated heterocycles. The van der Waals surface area contributed by atoms with Crippen LogP contribution in [0.4, 0.5) is 0 Å². The van der Waals surface area contributed by atoms with E-state index in [0.29, 0.717) is 24.2 Å². The molecular formula is C13H28N2O. The fourth-order valence-corrected chi connectivity index (χ4v) is 2.65. The van der Waals surface area contributed by atoms with Crippen molar-refractivity contribution in [3.05, 3.63) is 0 Å². The normalized spacial score (nSPS) is 34.7. The summed E-state index contributed by atoms with van der Waals surface area (Å²) in [6, 6.07) is 2.04. The van der Waals surface area contributed by atoms with Crippen molar-refractivity contribution in [2.75, 3.05) is 6.54 Å². The zero-order valence-electron chi connectivity index (χ0n) is 11.9. The molecule has 3 nitrogen and oxygen atoms in total. The fraction of sp³-hybridized carbons (Fsp3) is 1.00. The highest BCUT2D eigenvalue weighted by Gasteiger charge is 2.34. The summed E-state index contributed by atoms with van der Waals surface area (Å²) in [4.78, 5) is 8.59. The van der Waals surface area contributed by atoms with Crippen LogP contribution in [0.15, 0.2) is 0 Å². The van der Waals surface area contributed by atoms with E-state index in [-0.39, 0.29) is 6.10 Å². The van der Waals surface area contributed by atoms with Crippen molar-refractivity contribution in [3.8, 4) is 0 Å². The Bertz CT molecular complexity index is 218. The first-order chi connectivity index (χ1) is 7.34. The zero-order chi connectivity index (χ0) is 12.5. The molecule has 0 bridgehead atoms. The van der Waals surface area contributed by atoms with Crippen LogP contribution in [0, 0.1) is 0 Å². The maximum absolute atomic E-state index is 6.03. The van der Waals surface area contributed by atoms with E-state index in [1.165, 1.54) is 0 Å². The van der Waals surface area contributed by atoms with E-state index < -0.39 is 0 Å². The van der Waals surface area contributed by atoms with E-state index in [1.54, 1.807) is 0 Å². The van der Waals surface area contributed by atoms with Crippen LogP contribution in [0.2, 0.25) is 0 Å². The average Bonchev–Trinajstić information content (AvgIpc) is 2.25. The summed E-state index contributed by atoms with van der Waals surface area (Å²) < 4.78 is 0. The van der Waals surface area contributed by atoms with Gasteiger partial charge in [0.15, 0.2) is 0 Å². The Kier molecular flexibility index (Phi) is 4.77. The van der Waals surface area contributed by atoms with Gasteiger partial charge in [0.2, 0.25) is 0 Å². The lowest BCUT2D eigenvalue weighted by atomic mass is 10.1. The molecular weight excluding hydrogens is 200 g/mol. The molecule has 1 heterocycles. The van der Waals surface area contributed by atoms with Gasteiger partial charge in [-0.1, -0.05) is 0 Å². The molecule has 0 spiro atoms. The van der Waals surface area contributed by atoms with Crippen LogP contribution in [0.5, 0.6) is 0 Å². The molecule has 0 aromatic rings. The van der Waals surface area contributed by atoms with Crippen LogP contribution in [0.3, 0.4) is 0 Å². The first-order valence-corrected chi connectivity index (χ1v) is 6.55. The first-order valence-electron chi connectivity index (χ1n) is 6.55. The smallest absolute Gasteiger partial charge is 0.0917 e. The van der Waals surface area contributed by atoms with E-state index in [0.717, 1.165) is 6.54 Å². The Hall–Kier alpha value is -0.120. The van der Waals surface area contributed by atoms with Crippen molar-refractivity contribution < 1.29 is 4.84 Å². The van der Waals surface area contributed by atoms with Gasteiger partial charge in [-0.2, -0.15) is 5.06 Å². The number of hydrogen-bond acceptors (Lipinski definition) is 3. The third-order valence-corrected chi connectivity index (χ3v) is 3.58. The minimum atomic E-state index is 0.259. The highest BCUT2D eigenvalue weighted by Crippen LogP contribution is 2.22. The lowest BCUT2D eigenvalue weighted by Crippen LogP contribution is -2.49. The predicted octanol–water partition coefficient (Wildman–Crippen LogP) is 2.52. The van der Waals surface area contributed by atoms with E-state index in [1.807, 2.05) is 0 Å². The molecule has 0 saturated carbocycles. The van der Waals surface area contributed by atoms with Crippen LogP contribution in [-0.4, -0.2) is 46.8 Å². The Morgan fingerprint density at radius 1 is 1.00 bits per heavy atom. The summed E-state index contributed by atoms with van der Waals surface area (Å²) in [5.74, 6) is 0. The molecule has 1 rings (SSSR count). The molecule has 16 heavy (non-hydrogen) atoms. The summed E-state index contributed by atoms with van der Waals surface area (Å²) in [6.45, 7) is 16.6. The van der Waals surface area contributed by atoms with E-state index >= 15 is 0 Å². The SMILES string of the molecule is CC(C)N1C[C@H](C)N(C(C)C)[C@H](C)[C@H](C)O1. The molecule has 0 aromatic carbocycles. The van der Waals surface area contributed by atoms with Crippen molar-refractivity contribution >= 4 is 0 Å². The molecule has 3 heteroatoms. The number of rotatable bonds is 2. The monoisotopic (exact) mass is 228 g/mol. The van der Waals surface area contributed by atoms with Crippen molar-refractivity contribution in [2.45, 2.75) is 78.7 Å². The van der Waals surface area contributed by atoms with Crippen molar-refractivity contribution in [1.82, 2.24) is 9.96 Å². The second-order valence-electron chi connectivity index (χ2n) is 5.63. The zero-order valence-corrected chi connectivity index (χ0v) is 11.9. The molecule has 96 valence electrons. The summed E-state index contributed by atoms with van der Waals surface area (Å²) in [5, 5.41) is 2.13. The van der Waals surface area contributed by atoms with Gasteiger partial charge in [-0.05, 0) is 48.5 Å². The van der Waals surface area contributed by atoms with Crippen molar-refractivity contribution in [3.63, 3.8) is 0 Å². The van der Waals surface area contributed by atoms with Gasteiger partial charge in [0, 0.05) is 30.7 Å². The van der Waals surface area contributed by atoms with E-state index in [9.17, 15) is 0 Å². The maximum Gasteiger partial charge on any atom is 0.0917 e. The average molecular weight is 228 g/mol. The quantitative estimate of drug-likeness (QED) is 0.722. The third-order valence-electron chi connectivity index (χ3n) is 3.58. The Morgan fingerprint density at radius 2 is 1.56 bits per heavy atom. The fourth-order valence-electron chi connectivity index (χ4n) is 2.65. The molecule has 0 aromatic heterocycles. The van der Waals surface area contributed by atoms with E-state index in [4.69, 9.17) is 4.84 Å². The second-order valence-corrected chi connectivity index (χ2v) is 5.63. The third kappa shape index (κ3) is 2.96. The van der Waals surface area contributed by atoms with Gasteiger partial charge in [0.1, 0.15) is 0 Å². The predicted molar refractivity (Wildman–Crippen MR) is 68.3 cm³/mol. The Morgan fingerprint density at radius 3 is 2.00 bits per heavy atom. The standard InChI is InChI=1S/C13H28N2O/c1-9(2)14-8-11(5)15(10(3)4)12(6)13(7)16-14/h9-13H,8H2,1-7H3/t11-,12+,13-/m0/s1. The number of hydrogen-bond donors (Lipinski definition) is 0. The summed E-state index contributed by atoms with van der Waals surface area (Å²) in [6.07, 6.45) is 0.259. The van der Waals surface area contributed by atoms with Crippen molar-refractivity contribution in [1.29, 1.82) is 0 Å². The number of hydroxylamine groups is 2. The maximum atomic E-state index is 6.03. The molecule has 0 unspecified atom stereocenters. The summed E-state index contributed by atoms with van der Waals surface area (Å²) in [5.41, 5.74) is 0. The van der Waals surface area contributed by atoms with Crippen LogP contribution in [0.1, 0.15) is 48.5 Å². The largest absolute Gasteiger partial charge is 0.294 e.